The molecular formula is C19H23N3O2S. The lowest BCUT2D eigenvalue weighted by Gasteiger charge is -2.38. The lowest BCUT2D eigenvalue weighted by atomic mass is 9.88. The van der Waals surface area contributed by atoms with Gasteiger partial charge in [0.15, 0.2) is 0 Å². The molecule has 25 heavy (non-hydrogen) atoms. The van der Waals surface area contributed by atoms with E-state index in [1.54, 1.807) is 0 Å². The van der Waals surface area contributed by atoms with Gasteiger partial charge in [-0.3, -0.25) is 9.21 Å². The summed E-state index contributed by atoms with van der Waals surface area (Å²) >= 11 is 0. The highest BCUT2D eigenvalue weighted by Crippen LogP contribution is 2.34. The minimum absolute atomic E-state index is 0.345. The topological polar surface area (TPSA) is 52.7 Å². The first kappa shape index (κ1) is 16.6. The number of benzene rings is 2. The Kier molecular flexibility index (Phi) is 4.27. The Labute approximate surface area is 149 Å². The van der Waals surface area contributed by atoms with Crippen LogP contribution >= 0.6 is 0 Å². The highest BCUT2D eigenvalue weighted by Gasteiger charge is 2.48. The van der Waals surface area contributed by atoms with Crippen molar-refractivity contribution in [2.45, 2.75) is 24.9 Å². The maximum atomic E-state index is 12.6. The molecule has 0 amide bonds. The third-order valence-corrected chi connectivity index (χ3v) is 6.80. The number of rotatable bonds is 3. The third kappa shape index (κ3) is 3.42. The van der Waals surface area contributed by atoms with Crippen LogP contribution in [0.5, 0.6) is 0 Å². The lowest BCUT2D eigenvalue weighted by Crippen LogP contribution is -2.52. The molecule has 2 aliphatic heterocycles. The van der Waals surface area contributed by atoms with Crippen LogP contribution in [0.1, 0.15) is 18.4 Å². The number of anilines is 1. The van der Waals surface area contributed by atoms with Gasteiger partial charge in [-0.1, -0.05) is 48.5 Å². The van der Waals surface area contributed by atoms with Crippen molar-refractivity contribution in [2.75, 3.05) is 23.9 Å². The van der Waals surface area contributed by atoms with Gasteiger partial charge in [-0.15, -0.1) is 0 Å². The smallest absolute Gasteiger partial charge is 0.299 e. The summed E-state index contributed by atoms with van der Waals surface area (Å²) < 4.78 is 29.7. The van der Waals surface area contributed by atoms with Crippen molar-refractivity contribution in [1.82, 2.24) is 9.62 Å². The van der Waals surface area contributed by atoms with Gasteiger partial charge in [-0.05, 0) is 30.5 Å². The van der Waals surface area contributed by atoms with Gasteiger partial charge in [0.2, 0.25) is 0 Å². The van der Waals surface area contributed by atoms with Crippen molar-refractivity contribution >= 4 is 15.9 Å². The van der Waals surface area contributed by atoms with Crippen LogP contribution in [0.3, 0.4) is 0 Å². The van der Waals surface area contributed by atoms with E-state index in [-0.39, 0.29) is 5.54 Å². The zero-order valence-corrected chi connectivity index (χ0v) is 15.0. The van der Waals surface area contributed by atoms with Gasteiger partial charge < -0.3 is 0 Å². The van der Waals surface area contributed by atoms with Crippen LogP contribution in [-0.4, -0.2) is 38.5 Å². The van der Waals surface area contributed by atoms with E-state index in [2.05, 4.69) is 33.9 Å². The van der Waals surface area contributed by atoms with Crippen LogP contribution in [-0.2, 0) is 16.8 Å². The Morgan fingerprint density at radius 2 is 1.52 bits per heavy atom. The average molecular weight is 357 g/mol. The van der Waals surface area contributed by atoms with Crippen LogP contribution in [0.4, 0.5) is 5.69 Å². The molecule has 6 heteroatoms. The molecule has 0 bridgehead atoms. The molecule has 2 aromatic carbocycles. The van der Waals surface area contributed by atoms with E-state index in [1.165, 1.54) is 9.87 Å². The lowest BCUT2D eigenvalue weighted by molar-refractivity contribution is 0.155. The second-order valence-electron chi connectivity index (χ2n) is 6.99. The Hall–Kier alpha value is -1.89. The minimum Gasteiger partial charge on any atom is -0.299 e. The van der Waals surface area contributed by atoms with E-state index in [0.717, 1.165) is 38.2 Å². The SMILES string of the molecule is O=S1(=O)NC2(CCN(Cc3ccccc3)CC2)CN1c1ccccc1. The van der Waals surface area contributed by atoms with Crippen molar-refractivity contribution in [1.29, 1.82) is 0 Å². The molecule has 2 aromatic rings. The number of likely N-dealkylation sites (tertiary alicyclic amines) is 1. The molecule has 0 aliphatic carbocycles. The Bertz CT molecular complexity index is 816. The fraction of sp³-hybridized carbons (Fsp3) is 0.368. The average Bonchev–Trinajstić information content (AvgIpc) is 2.89. The summed E-state index contributed by atoms with van der Waals surface area (Å²) in [6.45, 7) is 3.24. The van der Waals surface area contributed by atoms with Crippen LogP contribution in [0.25, 0.3) is 0 Å². The third-order valence-electron chi connectivity index (χ3n) is 5.19. The molecule has 0 atom stereocenters. The van der Waals surface area contributed by atoms with E-state index in [1.807, 2.05) is 36.4 Å². The number of piperidine rings is 1. The fourth-order valence-corrected chi connectivity index (χ4v) is 5.53. The number of hydrogen-bond acceptors (Lipinski definition) is 3. The number of nitrogens with one attached hydrogen (secondary N) is 1. The first-order valence-electron chi connectivity index (χ1n) is 8.69. The summed E-state index contributed by atoms with van der Waals surface area (Å²) in [5, 5.41) is 0. The normalized spacial score (nSPS) is 22.3. The highest BCUT2D eigenvalue weighted by atomic mass is 32.2. The molecule has 132 valence electrons. The zero-order valence-electron chi connectivity index (χ0n) is 14.1. The van der Waals surface area contributed by atoms with Crippen LogP contribution in [0.15, 0.2) is 60.7 Å². The zero-order chi connectivity index (χ0) is 17.3. The van der Waals surface area contributed by atoms with Gasteiger partial charge in [-0.25, -0.2) is 0 Å². The van der Waals surface area contributed by atoms with Gasteiger partial charge in [0.25, 0.3) is 0 Å². The Morgan fingerprint density at radius 1 is 0.920 bits per heavy atom. The second-order valence-corrected chi connectivity index (χ2v) is 8.59. The summed E-state index contributed by atoms with van der Waals surface area (Å²) in [6, 6.07) is 19.8. The van der Waals surface area contributed by atoms with Crippen LogP contribution < -0.4 is 9.03 Å². The molecule has 2 saturated heterocycles. The summed E-state index contributed by atoms with van der Waals surface area (Å²) in [5.41, 5.74) is 1.69. The number of nitrogens with zero attached hydrogens (tertiary/aromatic N) is 2. The molecule has 4 rings (SSSR count). The Morgan fingerprint density at radius 3 is 2.16 bits per heavy atom. The van der Waals surface area contributed by atoms with E-state index < -0.39 is 10.2 Å². The molecule has 2 fully saturated rings. The predicted molar refractivity (Wildman–Crippen MR) is 99.5 cm³/mol. The largest absolute Gasteiger partial charge is 0.302 e. The molecule has 0 radical (unpaired) electrons. The summed E-state index contributed by atoms with van der Waals surface area (Å²) in [4.78, 5) is 2.40. The first-order valence-corrected chi connectivity index (χ1v) is 10.1. The molecule has 5 nitrogen and oxygen atoms in total. The standard InChI is InChI=1S/C19H23N3O2S/c23-25(24)20-19(16-22(25)18-9-5-2-6-10-18)11-13-21(14-12-19)15-17-7-3-1-4-8-17/h1-10,20H,11-16H2. The number of hydrogen-bond donors (Lipinski definition) is 1. The monoisotopic (exact) mass is 357 g/mol. The van der Waals surface area contributed by atoms with Gasteiger partial charge in [-0.2, -0.15) is 13.1 Å². The molecule has 2 aliphatic rings. The van der Waals surface area contributed by atoms with E-state index in [4.69, 9.17) is 0 Å². The first-order chi connectivity index (χ1) is 12.1. The maximum absolute atomic E-state index is 12.6. The molecular weight excluding hydrogens is 334 g/mol. The molecule has 0 saturated carbocycles. The number of para-hydroxylation sites is 1. The van der Waals surface area contributed by atoms with E-state index in [9.17, 15) is 8.42 Å². The maximum Gasteiger partial charge on any atom is 0.302 e. The fourth-order valence-electron chi connectivity index (χ4n) is 3.79. The molecule has 1 N–H and O–H groups in total. The van der Waals surface area contributed by atoms with Crippen molar-refractivity contribution in [2.24, 2.45) is 0 Å². The van der Waals surface area contributed by atoms with E-state index in [0.29, 0.717) is 6.54 Å². The molecule has 1 spiro atoms. The van der Waals surface area contributed by atoms with E-state index >= 15 is 0 Å². The van der Waals surface area contributed by atoms with Gasteiger partial charge >= 0.3 is 10.2 Å². The van der Waals surface area contributed by atoms with Gasteiger partial charge in [0.1, 0.15) is 0 Å². The quantitative estimate of drug-likeness (QED) is 0.918. The van der Waals surface area contributed by atoms with Crippen molar-refractivity contribution < 1.29 is 8.42 Å². The predicted octanol–water partition coefficient (Wildman–Crippen LogP) is 2.38. The van der Waals surface area contributed by atoms with Crippen molar-refractivity contribution in [3.8, 4) is 0 Å². The highest BCUT2D eigenvalue weighted by molar-refractivity contribution is 7.91. The Balaban J connectivity index is 1.45. The summed E-state index contributed by atoms with van der Waals surface area (Å²) in [6.07, 6.45) is 1.67. The second kappa shape index (κ2) is 6.44. The van der Waals surface area contributed by atoms with Crippen molar-refractivity contribution in [3.05, 3.63) is 66.2 Å². The van der Waals surface area contributed by atoms with Gasteiger partial charge in [0, 0.05) is 19.6 Å². The summed E-state index contributed by atoms with van der Waals surface area (Å²) in [5.74, 6) is 0. The van der Waals surface area contributed by atoms with Crippen molar-refractivity contribution in [3.63, 3.8) is 0 Å². The summed E-state index contributed by atoms with van der Waals surface area (Å²) in [7, 11) is -3.46. The molecule has 0 unspecified atom stereocenters. The van der Waals surface area contributed by atoms with Crippen LogP contribution in [0, 0.1) is 0 Å². The van der Waals surface area contributed by atoms with Crippen LogP contribution in [0.2, 0.25) is 0 Å². The molecule has 0 aromatic heterocycles. The van der Waals surface area contributed by atoms with Gasteiger partial charge in [0.05, 0.1) is 17.8 Å². The minimum atomic E-state index is -3.46. The molecule has 2 heterocycles.